The Hall–Kier alpha value is -4.47. The maximum atomic E-state index is 13.2. The summed E-state index contributed by atoms with van der Waals surface area (Å²) in [6, 6.07) is 1.80. The predicted octanol–water partition coefficient (Wildman–Crippen LogP) is 1.03. The number of Topliss-reactive ketones (excluding diaryl/α,β-unsaturated/α-hetero) is 1. The molecule has 2 aromatic heterocycles. The summed E-state index contributed by atoms with van der Waals surface area (Å²) in [6.07, 6.45) is -2.33. The van der Waals surface area contributed by atoms with Crippen molar-refractivity contribution in [2.75, 3.05) is 32.6 Å². The first-order valence-electron chi connectivity index (χ1n) is 11.5. The molecular weight excluding hydrogens is 525 g/mol. The normalized spacial score (nSPS) is 19.8. The lowest BCUT2D eigenvalue weighted by Gasteiger charge is -2.42. The van der Waals surface area contributed by atoms with E-state index in [0.29, 0.717) is 0 Å². The lowest BCUT2D eigenvalue weighted by atomic mass is 10.1. The third-order valence-corrected chi connectivity index (χ3v) is 6.07. The fraction of sp³-hybridized carbons (Fsp3) is 0.391. The number of fused-ring (bicyclic) bond motifs is 1. The number of halogens is 3. The monoisotopic (exact) mass is 548 g/mol. The Morgan fingerprint density at radius 2 is 1.87 bits per heavy atom. The van der Waals surface area contributed by atoms with Crippen LogP contribution < -0.4 is 5.32 Å². The van der Waals surface area contributed by atoms with E-state index < -0.39 is 60.4 Å². The van der Waals surface area contributed by atoms with Crippen LogP contribution in [0.4, 0.5) is 23.8 Å². The Kier molecular flexibility index (Phi) is 7.58. The molecule has 0 aromatic carbocycles. The van der Waals surface area contributed by atoms with Gasteiger partial charge in [0.2, 0.25) is 11.7 Å². The van der Waals surface area contributed by atoms with Gasteiger partial charge in [-0.25, -0.2) is 24.7 Å². The summed E-state index contributed by atoms with van der Waals surface area (Å²) in [5.41, 5.74) is 0.418. The second kappa shape index (κ2) is 10.7. The zero-order valence-electron chi connectivity index (χ0n) is 20.9. The highest BCUT2D eigenvalue weighted by Crippen LogP contribution is 2.28. The van der Waals surface area contributed by atoms with E-state index in [4.69, 9.17) is 4.74 Å². The molecule has 2 unspecified atom stereocenters. The maximum absolute atomic E-state index is 13.2. The van der Waals surface area contributed by atoms with Crippen LogP contribution in [0.5, 0.6) is 0 Å². The van der Waals surface area contributed by atoms with Crippen LogP contribution in [-0.4, -0.2) is 105 Å². The van der Waals surface area contributed by atoms with Crippen LogP contribution >= 0.6 is 0 Å². The molecule has 2 aliphatic heterocycles. The number of hydrogen-bond donors (Lipinski definition) is 1. The van der Waals surface area contributed by atoms with Crippen molar-refractivity contribution in [1.82, 2.24) is 29.7 Å². The summed E-state index contributed by atoms with van der Waals surface area (Å²) in [6.45, 7) is 0.748. The lowest BCUT2D eigenvalue weighted by Crippen LogP contribution is -2.66. The average molecular weight is 548 g/mol. The summed E-state index contributed by atoms with van der Waals surface area (Å²) < 4.78 is 43.0. The first-order chi connectivity index (χ1) is 18.4. The van der Waals surface area contributed by atoms with Crippen LogP contribution in [0, 0.1) is 0 Å². The molecule has 4 heterocycles. The molecule has 2 aromatic rings. The summed E-state index contributed by atoms with van der Waals surface area (Å²) in [4.78, 5) is 69.5. The van der Waals surface area contributed by atoms with Gasteiger partial charge in [-0.2, -0.15) is 13.2 Å². The van der Waals surface area contributed by atoms with E-state index >= 15 is 0 Å². The van der Waals surface area contributed by atoms with Crippen molar-refractivity contribution >= 4 is 35.8 Å². The van der Waals surface area contributed by atoms with E-state index in [1.54, 1.807) is 0 Å². The molecule has 2 aliphatic rings. The molecule has 1 N–H and O–H groups in total. The second-order valence-corrected chi connectivity index (χ2v) is 8.73. The Morgan fingerprint density at radius 3 is 2.51 bits per heavy atom. The molecule has 16 heteroatoms. The number of carbonyl (C=O) groups excluding carboxylic acids is 4. The number of methoxy groups -OCH3 is 1. The number of aromatic nitrogens is 3. The standard InChI is InChI=1S/C23H23F3N8O5/c1-12(34-11-29-18-17(34)20(37)33(22(38)32(18)2)9-14(35)10-39-3)19(36)31-16-6-4-5-15(30-16)13-7-27-21(28-8-13)23(24,25)26/h4-8,11-12,17-18H,9-10H2,1-3H3,(H,30,31,36)/t12-,17?,18?/m0/s1. The Labute approximate surface area is 219 Å². The number of carbonyl (C=O) groups is 4. The molecule has 1 fully saturated rings. The number of aliphatic imine (C=N–C) groups is 1. The van der Waals surface area contributed by atoms with Crippen LogP contribution in [0.2, 0.25) is 0 Å². The van der Waals surface area contributed by atoms with Gasteiger partial charge in [0, 0.05) is 32.1 Å². The number of alkyl halides is 3. The van der Waals surface area contributed by atoms with Crippen molar-refractivity contribution in [3.63, 3.8) is 0 Å². The topological polar surface area (TPSA) is 150 Å². The Balaban J connectivity index is 1.48. The summed E-state index contributed by atoms with van der Waals surface area (Å²) in [5.74, 6) is -2.95. The van der Waals surface area contributed by atoms with E-state index in [1.165, 1.54) is 55.4 Å². The molecule has 0 aliphatic carbocycles. The highest BCUT2D eigenvalue weighted by molar-refractivity contribution is 6.05. The minimum Gasteiger partial charge on any atom is -0.377 e. The first-order valence-corrected chi connectivity index (χ1v) is 11.5. The van der Waals surface area contributed by atoms with Gasteiger partial charge in [-0.1, -0.05) is 6.07 Å². The minimum atomic E-state index is -4.69. The zero-order valence-corrected chi connectivity index (χ0v) is 20.9. The SMILES string of the molecule is COCC(=O)CN1C(=O)C2C(N=CN2[C@@H](C)C(=O)Nc2cccc(-c3cnc(C(F)(F)F)nc3)n2)N(C)C1=O. The quantitative estimate of drug-likeness (QED) is 0.510. The number of ether oxygens (including phenoxy) is 1. The van der Waals surface area contributed by atoms with Crippen LogP contribution in [-0.2, 0) is 25.3 Å². The number of amides is 4. The number of ketones is 1. The van der Waals surface area contributed by atoms with Crippen LogP contribution in [0.25, 0.3) is 11.3 Å². The van der Waals surface area contributed by atoms with E-state index in [-0.39, 0.29) is 23.7 Å². The number of likely N-dealkylation sites (N-methyl/N-ethyl adjacent to an activating group) is 1. The average Bonchev–Trinajstić information content (AvgIpc) is 3.35. The van der Waals surface area contributed by atoms with Crippen molar-refractivity contribution in [3.8, 4) is 11.3 Å². The fourth-order valence-electron chi connectivity index (χ4n) is 4.08. The van der Waals surface area contributed by atoms with E-state index in [1.807, 2.05) is 0 Å². The molecule has 0 radical (unpaired) electrons. The van der Waals surface area contributed by atoms with Gasteiger partial charge >= 0.3 is 12.2 Å². The molecule has 0 bridgehead atoms. The largest absolute Gasteiger partial charge is 0.451 e. The van der Waals surface area contributed by atoms with Gasteiger partial charge in [0.1, 0.15) is 18.5 Å². The van der Waals surface area contributed by atoms with Gasteiger partial charge < -0.3 is 19.9 Å². The Bertz CT molecular complexity index is 1320. The molecule has 0 saturated carbocycles. The minimum absolute atomic E-state index is 0.0889. The molecule has 39 heavy (non-hydrogen) atoms. The number of pyridine rings is 1. The zero-order chi connectivity index (χ0) is 28.5. The molecule has 4 amide bonds. The van der Waals surface area contributed by atoms with E-state index in [0.717, 1.165) is 17.3 Å². The van der Waals surface area contributed by atoms with Crippen molar-refractivity contribution in [2.45, 2.75) is 31.3 Å². The molecule has 1 saturated heterocycles. The predicted molar refractivity (Wildman–Crippen MR) is 128 cm³/mol. The highest BCUT2D eigenvalue weighted by atomic mass is 19.4. The van der Waals surface area contributed by atoms with Crippen LogP contribution in [0.3, 0.4) is 0 Å². The van der Waals surface area contributed by atoms with Gasteiger partial charge in [-0.15, -0.1) is 0 Å². The van der Waals surface area contributed by atoms with Gasteiger partial charge in [-0.05, 0) is 19.1 Å². The number of nitrogens with zero attached hydrogens (tertiary/aromatic N) is 7. The number of hydrogen-bond acceptors (Lipinski definition) is 10. The molecule has 4 rings (SSSR count). The summed E-state index contributed by atoms with van der Waals surface area (Å²) in [5, 5.41) is 2.60. The van der Waals surface area contributed by atoms with Crippen molar-refractivity contribution in [2.24, 2.45) is 4.99 Å². The van der Waals surface area contributed by atoms with Gasteiger partial charge in [0.05, 0.1) is 18.6 Å². The number of nitrogens with one attached hydrogen (secondary N) is 1. The third kappa shape index (κ3) is 5.55. The van der Waals surface area contributed by atoms with Crippen molar-refractivity contribution in [3.05, 3.63) is 36.4 Å². The lowest BCUT2D eigenvalue weighted by molar-refractivity contribution is -0.145. The van der Waals surface area contributed by atoms with Crippen LogP contribution in [0.15, 0.2) is 35.6 Å². The van der Waals surface area contributed by atoms with E-state index in [2.05, 4.69) is 25.3 Å². The van der Waals surface area contributed by atoms with Crippen molar-refractivity contribution < 1.29 is 37.1 Å². The second-order valence-electron chi connectivity index (χ2n) is 8.73. The van der Waals surface area contributed by atoms with Gasteiger partial charge in [0.15, 0.2) is 18.0 Å². The number of imide groups is 1. The number of anilines is 1. The first kappa shape index (κ1) is 27.6. The van der Waals surface area contributed by atoms with Gasteiger partial charge in [-0.3, -0.25) is 19.3 Å². The fourth-order valence-corrected chi connectivity index (χ4v) is 4.08. The van der Waals surface area contributed by atoms with E-state index in [9.17, 15) is 32.3 Å². The molecular formula is C23H23F3N8O5. The molecule has 3 atom stereocenters. The number of rotatable bonds is 8. The third-order valence-electron chi connectivity index (χ3n) is 6.07. The summed E-state index contributed by atoms with van der Waals surface area (Å²) in [7, 11) is 2.75. The Morgan fingerprint density at radius 1 is 1.18 bits per heavy atom. The molecule has 0 spiro atoms. The number of urea groups is 1. The molecule has 206 valence electrons. The van der Waals surface area contributed by atoms with Crippen molar-refractivity contribution in [1.29, 1.82) is 0 Å². The van der Waals surface area contributed by atoms with Crippen LogP contribution in [0.1, 0.15) is 12.7 Å². The molecule has 13 nitrogen and oxygen atoms in total. The smallest absolute Gasteiger partial charge is 0.377 e. The maximum Gasteiger partial charge on any atom is 0.451 e. The summed E-state index contributed by atoms with van der Waals surface area (Å²) >= 11 is 0. The van der Waals surface area contributed by atoms with Gasteiger partial charge in [0.25, 0.3) is 5.91 Å². The highest BCUT2D eigenvalue weighted by Gasteiger charge is 2.51.